The highest BCUT2D eigenvalue weighted by Gasteiger charge is 2.28. The molecule has 16 heavy (non-hydrogen) atoms. The number of carbonyl (C=O) groups is 1. The van der Waals surface area contributed by atoms with Gasteiger partial charge >= 0.3 is 0 Å². The molecule has 0 aromatic carbocycles. The summed E-state index contributed by atoms with van der Waals surface area (Å²) in [5.41, 5.74) is 5.50. The predicted molar refractivity (Wildman–Crippen MR) is 71.8 cm³/mol. The minimum Gasteiger partial charge on any atom is -0.351 e. The van der Waals surface area contributed by atoms with Gasteiger partial charge < -0.3 is 11.1 Å². The number of rotatable bonds is 4. The van der Waals surface area contributed by atoms with Gasteiger partial charge in [0.1, 0.15) is 0 Å². The van der Waals surface area contributed by atoms with Crippen LogP contribution in [0.3, 0.4) is 0 Å². The van der Waals surface area contributed by atoms with Crippen LogP contribution in [0.4, 0.5) is 0 Å². The highest BCUT2D eigenvalue weighted by molar-refractivity contribution is 5.85. The van der Waals surface area contributed by atoms with Gasteiger partial charge in [0.25, 0.3) is 0 Å². The Morgan fingerprint density at radius 2 is 1.69 bits per heavy atom. The Hall–Kier alpha value is -0.280. The maximum atomic E-state index is 11.7. The Balaban J connectivity index is 0. The summed E-state index contributed by atoms with van der Waals surface area (Å²) in [5, 5.41) is 3.04. The topological polar surface area (TPSA) is 55.1 Å². The van der Waals surface area contributed by atoms with Crippen molar-refractivity contribution in [3.63, 3.8) is 0 Å². The van der Waals surface area contributed by atoms with Crippen molar-refractivity contribution in [2.75, 3.05) is 6.54 Å². The van der Waals surface area contributed by atoms with E-state index in [-0.39, 0.29) is 35.2 Å². The summed E-state index contributed by atoms with van der Waals surface area (Å²) in [6, 6.07) is 0. The van der Waals surface area contributed by atoms with E-state index < -0.39 is 0 Å². The monoisotopic (exact) mass is 250 g/mol. The molecule has 1 atom stereocenters. The van der Waals surface area contributed by atoms with E-state index in [2.05, 4.69) is 39.9 Å². The number of halogens is 1. The van der Waals surface area contributed by atoms with Crippen LogP contribution in [0.25, 0.3) is 0 Å². The molecule has 0 aromatic rings. The van der Waals surface area contributed by atoms with Crippen LogP contribution in [-0.4, -0.2) is 18.0 Å². The fraction of sp³-hybridized carbons (Fsp3) is 0.917. The van der Waals surface area contributed by atoms with E-state index in [1.54, 1.807) is 0 Å². The molecule has 3 nitrogen and oxygen atoms in total. The summed E-state index contributed by atoms with van der Waals surface area (Å²) in [5.74, 6) is -0.0593. The van der Waals surface area contributed by atoms with Crippen molar-refractivity contribution in [1.29, 1.82) is 0 Å². The second kappa shape index (κ2) is 6.45. The molecule has 0 saturated heterocycles. The smallest absolute Gasteiger partial charge is 0.224 e. The first-order valence-electron chi connectivity index (χ1n) is 5.59. The summed E-state index contributed by atoms with van der Waals surface area (Å²) >= 11 is 0. The molecule has 0 heterocycles. The summed E-state index contributed by atoms with van der Waals surface area (Å²) in [7, 11) is 0. The molecule has 0 fully saturated rings. The van der Waals surface area contributed by atoms with Gasteiger partial charge in [-0.05, 0) is 25.7 Å². The van der Waals surface area contributed by atoms with E-state index in [0.29, 0.717) is 6.54 Å². The van der Waals surface area contributed by atoms with E-state index >= 15 is 0 Å². The molecule has 0 aliphatic carbocycles. The molecule has 1 amide bonds. The van der Waals surface area contributed by atoms with E-state index in [9.17, 15) is 4.79 Å². The number of amides is 1. The molecule has 0 aliphatic rings. The molecule has 0 rings (SSSR count). The summed E-state index contributed by atoms with van der Waals surface area (Å²) < 4.78 is 0. The van der Waals surface area contributed by atoms with Crippen LogP contribution in [0.5, 0.6) is 0 Å². The molecule has 0 aliphatic heterocycles. The highest BCUT2D eigenvalue weighted by Crippen LogP contribution is 2.26. The van der Waals surface area contributed by atoms with Crippen LogP contribution in [0.1, 0.15) is 48.0 Å². The quantitative estimate of drug-likeness (QED) is 0.805. The number of nitrogens with two attached hydrogens (primary N) is 1. The second-order valence-corrected chi connectivity index (χ2v) is 6.25. The van der Waals surface area contributed by atoms with Gasteiger partial charge in [0, 0.05) is 18.0 Å². The van der Waals surface area contributed by atoms with Gasteiger partial charge in [-0.25, -0.2) is 0 Å². The minimum atomic E-state index is -0.168. The molecule has 0 aromatic heterocycles. The molecule has 4 heteroatoms. The largest absolute Gasteiger partial charge is 0.351 e. The molecule has 98 valence electrons. The molecule has 0 saturated carbocycles. The lowest BCUT2D eigenvalue weighted by molar-refractivity contribution is -0.126. The number of hydrogen-bond acceptors (Lipinski definition) is 2. The number of hydrogen-bond donors (Lipinski definition) is 2. The van der Waals surface area contributed by atoms with Crippen molar-refractivity contribution >= 4 is 18.3 Å². The van der Waals surface area contributed by atoms with E-state index in [4.69, 9.17) is 5.73 Å². The Labute approximate surface area is 106 Å². The van der Waals surface area contributed by atoms with Crippen molar-refractivity contribution in [2.45, 2.75) is 53.5 Å². The first kappa shape index (κ1) is 18.1. The fourth-order valence-electron chi connectivity index (χ4n) is 1.93. The Kier molecular flexibility index (Phi) is 7.30. The van der Waals surface area contributed by atoms with Gasteiger partial charge in [0.2, 0.25) is 5.91 Å². The maximum Gasteiger partial charge on any atom is 0.224 e. The van der Waals surface area contributed by atoms with E-state index in [1.165, 1.54) is 0 Å². The number of carbonyl (C=O) groups excluding carboxylic acids is 1. The van der Waals surface area contributed by atoms with Crippen molar-refractivity contribution in [3.05, 3.63) is 0 Å². The van der Waals surface area contributed by atoms with E-state index in [1.807, 2.05) is 6.92 Å². The first-order chi connectivity index (χ1) is 6.57. The molecule has 1 unspecified atom stereocenters. The summed E-state index contributed by atoms with van der Waals surface area (Å²) in [6.45, 7) is 12.9. The van der Waals surface area contributed by atoms with Crippen LogP contribution in [0.15, 0.2) is 0 Å². The average molecular weight is 251 g/mol. The number of nitrogens with one attached hydrogen (secondary N) is 1. The van der Waals surface area contributed by atoms with Gasteiger partial charge in [0.15, 0.2) is 0 Å². The van der Waals surface area contributed by atoms with Crippen molar-refractivity contribution in [2.24, 2.45) is 17.1 Å². The van der Waals surface area contributed by atoms with Crippen LogP contribution in [0, 0.1) is 11.3 Å². The SMILES string of the molecule is CC(CN)C(=O)NC(C)(C)CC(C)(C)C.Cl. The summed E-state index contributed by atoms with van der Waals surface area (Å²) in [6.07, 6.45) is 0.947. The van der Waals surface area contributed by atoms with Gasteiger partial charge in [-0.1, -0.05) is 27.7 Å². The fourth-order valence-corrected chi connectivity index (χ4v) is 1.93. The normalized spacial score (nSPS) is 13.9. The third-order valence-corrected chi connectivity index (χ3v) is 2.23. The predicted octanol–water partition coefficient (Wildman–Crippen LogP) is 2.33. The van der Waals surface area contributed by atoms with Crippen molar-refractivity contribution in [3.8, 4) is 0 Å². The average Bonchev–Trinajstić information content (AvgIpc) is 1.96. The minimum absolute atomic E-state index is 0. The van der Waals surface area contributed by atoms with Crippen LogP contribution in [0.2, 0.25) is 0 Å². The van der Waals surface area contributed by atoms with Crippen molar-refractivity contribution in [1.82, 2.24) is 5.32 Å². The van der Waals surface area contributed by atoms with Gasteiger partial charge in [-0.15, -0.1) is 12.4 Å². The second-order valence-electron chi connectivity index (χ2n) is 6.25. The van der Waals surface area contributed by atoms with E-state index in [0.717, 1.165) is 6.42 Å². The molecule has 0 radical (unpaired) electrons. The highest BCUT2D eigenvalue weighted by atomic mass is 35.5. The van der Waals surface area contributed by atoms with Crippen LogP contribution >= 0.6 is 12.4 Å². The van der Waals surface area contributed by atoms with Gasteiger partial charge in [-0.3, -0.25) is 4.79 Å². The zero-order valence-electron chi connectivity index (χ0n) is 11.4. The Morgan fingerprint density at radius 1 is 1.25 bits per heavy atom. The molecule has 0 bridgehead atoms. The third kappa shape index (κ3) is 7.94. The maximum absolute atomic E-state index is 11.7. The molecular formula is C12H27ClN2O. The zero-order chi connectivity index (χ0) is 12.3. The van der Waals surface area contributed by atoms with Gasteiger partial charge in [-0.2, -0.15) is 0 Å². The molecular weight excluding hydrogens is 224 g/mol. The molecule has 3 N–H and O–H groups in total. The first-order valence-corrected chi connectivity index (χ1v) is 5.59. The van der Waals surface area contributed by atoms with Gasteiger partial charge in [0.05, 0.1) is 0 Å². The standard InChI is InChI=1S/C12H26N2O.ClH/c1-9(7-13)10(15)14-12(5,6)8-11(2,3)4;/h9H,7-8,13H2,1-6H3,(H,14,15);1H. The zero-order valence-corrected chi connectivity index (χ0v) is 12.2. The Bertz CT molecular complexity index is 222. The molecule has 0 spiro atoms. The lowest BCUT2D eigenvalue weighted by Gasteiger charge is -2.34. The lowest BCUT2D eigenvalue weighted by Crippen LogP contribution is -2.48. The summed E-state index contributed by atoms with van der Waals surface area (Å²) in [4.78, 5) is 11.7. The van der Waals surface area contributed by atoms with Crippen LogP contribution in [-0.2, 0) is 4.79 Å². The van der Waals surface area contributed by atoms with Crippen molar-refractivity contribution < 1.29 is 4.79 Å². The van der Waals surface area contributed by atoms with Crippen LogP contribution < -0.4 is 11.1 Å². The Morgan fingerprint density at radius 3 is 2.00 bits per heavy atom. The third-order valence-electron chi connectivity index (χ3n) is 2.23. The lowest BCUT2D eigenvalue weighted by atomic mass is 9.81.